The van der Waals surface area contributed by atoms with Gasteiger partial charge in [0.15, 0.2) is 5.79 Å². The number of ether oxygens (including phenoxy) is 2. The average Bonchev–Trinajstić information content (AvgIpc) is 2.29. The summed E-state index contributed by atoms with van der Waals surface area (Å²) in [5.74, 6) is 0.110. The van der Waals surface area contributed by atoms with Crippen molar-refractivity contribution in [3.8, 4) is 0 Å². The van der Waals surface area contributed by atoms with Crippen LogP contribution in [0, 0.1) is 5.92 Å². The standard InChI is InChI=1S/C13H24O2/c1-7-10(2)8-9-11-12(3,4)15-13(5,6)14-11/h7,10-11H,1,8-9H2,2-6H3/t10-,11?/m1/s1. The third kappa shape index (κ3) is 3.32. The summed E-state index contributed by atoms with van der Waals surface area (Å²) in [7, 11) is 0. The lowest BCUT2D eigenvalue weighted by Crippen LogP contribution is -2.33. The van der Waals surface area contributed by atoms with Crippen molar-refractivity contribution in [3.63, 3.8) is 0 Å². The zero-order chi connectivity index (χ0) is 11.7. The van der Waals surface area contributed by atoms with Crippen LogP contribution in [-0.2, 0) is 9.47 Å². The maximum atomic E-state index is 5.90. The lowest BCUT2D eigenvalue weighted by Gasteiger charge is -2.24. The summed E-state index contributed by atoms with van der Waals surface area (Å²) in [5, 5.41) is 0. The normalized spacial score (nSPS) is 30.1. The maximum Gasteiger partial charge on any atom is 0.164 e. The Hall–Kier alpha value is -0.340. The van der Waals surface area contributed by atoms with Crippen molar-refractivity contribution in [2.45, 2.75) is 65.0 Å². The maximum absolute atomic E-state index is 5.90. The van der Waals surface area contributed by atoms with Crippen LogP contribution in [0.2, 0.25) is 0 Å². The Morgan fingerprint density at radius 2 is 1.93 bits per heavy atom. The molecular formula is C13H24O2. The molecule has 0 saturated carbocycles. The van der Waals surface area contributed by atoms with Crippen molar-refractivity contribution >= 4 is 0 Å². The molecule has 2 atom stereocenters. The summed E-state index contributed by atoms with van der Waals surface area (Å²) in [6.07, 6.45) is 4.32. The zero-order valence-electron chi connectivity index (χ0n) is 10.7. The van der Waals surface area contributed by atoms with Crippen molar-refractivity contribution in [2.24, 2.45) is 5.92 Å². The molecule has 2 heteroatoms. The van der Waals surface area contributed by atoms with Gasteiger partial charge in [-0.1, -0.05) is 13.0 Å². The number of hydrogen-bond acceptors (Lipinski definition) is 2. The molecule has 1 saturated heterocycles. The second kappa shape index (κ2) is 4.26. The molecule has 1 heterocycles. The molecule has 15 heavy (non-hydrogen) atoms. The van der Waals surface area contributed by atoms with E-state index < -0.39 is 5.79 Å². The van der Waals surface area contributed by atoms with Crippen LogP contribution in [0.1, 0.15) is 47.5 Å². The van der Waals surface area contributed by atoms with Gasteiger partial charge < -0.3 is 9.47 Å². The quantitative estimate of drug-likeness (QED) is 0.664. The minimum absolute atomic E-state index is 0.176. The minimum atomic E-state index is -0.439. The lowest BCUT2D eigenvalue weighted by molar-refractivity contribution is -0.157. The highest BCUT2D eigenvalue weighted by molar-refractivity contribution is 4.90. The molecule has 0 aromatic rings. The van der Waals surface area contributed by atoms with E-state index >= 15 is 0 Å². The zero-order valence-corrected chi connectivity index (χ0v) is 10.7. The molecule has 1 fully saturated rings. The fourth-order valence-electron chi connectivity index (χ4n) is 2.15. The van der Waals surface area contributed by atoms with Gasteiger partial charge in [-0.25, -0.2) is 0 Å². The summed E-state index contributed by atoms with van der Waals surface area (Å²) in [5.41, 5.74) is -0.176. The number of allylic oxidation sites excluding steroid dienone is 1. The Bertz CT molecular complexity index is 231. The largest absolute Gasteiger partial charge is 0.344 e. The topological polar surface area (TPSA) is 18.5 Å². The van der Waals surface area contributed by atoms with Crippen LogP contribution in [0.3, 0.4) is 0 Å². The van der Waals surface area contributed by atoms with E-state index in [4.69, 9.17) is 9.47 Å². The van der Waals surface area contributed by atoms with E-state index in [9.17, 15) is 0 Å². The average molecular weight is 212 g/mol. The Morgan fingerprint density at radius 1 is 1.33 bits per heavy atom. The Kier molecular flexibility index (Phi) is 3.62. The van der Waals surface area contributed by atoms with Crippen molar-refractivity contribution in [2.75, 3.05) is 0 Å². The highest BCUT2D eigenvalue weighted by atomic mass is 16.8. The van der Waals surface area contributed by atoms with Gasteiger partial charge in [0.1, 0.15) is 0 Å². The lowest BCUT2D eigenvalue weighted by atomic mass is 9.94. The van der Waals surface area contributed by atoms with Gasteiger partial charge in [-0.15, -0.1) is 6.58 Å². The monoisotopic (exact) mass is 212 g/mol. The molecule has 0 radical (unpaired) electrons. The summed E-state index contributed by atoms with van der Waals surface area (Å²) in [4.78, 5) is 0. The molecule has 1 aliphatic heterocycles. The van der Waals surface area contributed by atoms with Crippen LogP contribution in [0.15, 0.2) is 12.7 Å². The molecule has 0 amide bonds. The first-order valence-corrected chi connectivity index (χ1v) is 5.77. The Balaban J connectivity index is 2.52. The molecule has 1 unspecified atom stereocenters. The van der Waals surface area contributed by atoms with Crippen LogP contribution in [-0.4, -0.2) is 17.5 Å². The summed E-state index contributed by atoms with van der Waals surface area (Å²) in [6.45, 7) is 14.1. The number of hydrogen-bond donors (Lipinski definition) is 0. The van der Waals surface area contributed by atoms with Crippen molar-refractivity contribution in [1.82, 2.24) is 0 Å². The second-order valence-electron chi connectivity index (χ2n) is 5.50. The Morgan fingerprint density at radius 3 is 2.33 bits per heavy atom. The van der Waals surface area contributed by atoms with Gasteiger partial charge >= 0.3 is 0 Å². The molecule has 0 bridgehead atoms. The van der Waals surface area contributed by atoms with Crippen LogP contribution >= 0.6 is 0 Å². The van der Waals surface area contributed by atoms with E-state index in [0.717, 1.165) is 12.8 Å². The van der Waals surface area contributed by atoms with Gasteiger partial charge in [-0.05, 0) is 46.5 Å². The summed E-state index contributed by atoms with van der Waals surface area (Å²) < 4.78 is 11.8. The van der Waals surface area contributed by atoms with Gasteiger partial charge in [-0.3, -0.25) is 0 Å². The molecule has 1 aliphatic rings. The van der Waals surface area contributed by atoms with Crippen LogP contribution in [0.4, 0.5) is 0 Å². The fourth-order valence-corrected chi connectivity index (χ4v) is 2.15. The first kappa shape index (κ1) is 12.7. The molecule has 0 spiro atoms. The van der Waals surface area contributed by atoms with Gasteiger partial charge in [0.2, 0.25) is 0 Å². The molecule has 0 aromatic carbocycles. The smallest absolute Gasteiger partial charge is 0.164 e. The molecule has 88 valence electrons. The van der Waals surface area contributed by atoms with Crippen molar-refractivity contribution in [3.05, 3.63) is 12.7 Å². The van der Waals surface area contributed by atoms with E-state index in [2.05, 4.69) is 27.4 Å². The number of rotatable bonds is 4. The second-order valence-corrected chi connectivity index (χ2v) is 5.50. The summed E-state index contributed by atoms with van der Waals surface area (Å²) >= 11 is 0. The van der Waals surface area contributed by atoms with Crippen LogP contribution < -0.4 is 0 Å². The molecular weight excluding hydrogens is 188 g/mol. The summed E-state index contributed by atoms with van der Waals surface area (Å²) in [6, 6.07) is 0. The predicted octanol–water partition coefficient (Wildman–Crippen LogP) is 3.52. The highest BCUT2D eigenvalue weighted by Crippen LogP contribution is 2.38. The van der Waals surface area contributed by atoms with E-state index in [-0.39, 0.29) is 11.7 Å². The van der Waals surface area contributed by atoms with E-state index in [1.807, 2.05) is 19.9 Å². The third-order valence-electron chi connectivity index (χ3n) is 3.00. The van der Waals surface area contributed by atoms with Crippen molar-refractivity contribution in [1.29, 1.82) is 0 Å². The molecule has 1 rings (SSSR count). The Labute approximate surface area is 93.7 Å². The van der Waals surface area contributed by atoms with Crippen LogP contribution in [0.5, 0.6) is 0 Å². The molecule has 0 aromatic heterocycles. The molecule has 2 nitrogen and oxygen atoms in total. The highest BCUT2D eigenvalue weighted by Gasteiger charge is 2.46. The fraction of sp³-hybridized carbons (Fsp3) is 0.846. The van der Waals surface area contributed by atoms with Crippen molar-refractivity contribution < 1.29 is 9.47 Å². The van der Waals surface area contributed by atoms with Gasteiger partial charge in [-0.2, -0.15) is 0 Å². The minimum Gasteiger partial charge on any atom is -0.344 e. The third-order valence-corrected chi connectivity index (χ3v) is 3.00. The van der Waals surface area contributed by atoms with E-state index in [0.29, 0.717) is 5.92 Å². The van der Waals surface area contributed by atoms with Gasteiger partial charge in [0, 0.05) is 0 Å². The van der Waals surface area contributed by atoms with E-state index in [1.54, 1.807) is 0 Å². The predicted molar refractivity (Wildman–Crippen MR) is 62.7 cm³/mol. The van der Waals surface area contributed by atoms with Crippen LogP contribution in [0.25, 0.3) is 0 Å². The first-order chi connectivity index (χ1) is 6.77. The van der Waals surface area contributed by atoms with E-state index in [1.165, 1.54) is 0 Å². The SMILES string of the molecule is C=C[C@@H](C)CCC1OC(C)(C)OC1(C)C. The van der Waals surface area contributed by atoms with Gasteiger partial charge in [0.25, 0.3) is 0 Å². The molecule has 0 N–H and O–H groups in total. The first-order valence-electron chi connectivity index (χ1n) is 5.77. The van der Waals surface area contributed by atoms with Gasteiger partial charge in [0.05, 0.1) is 11.7 Å². The molecule has 0 aliphatic carbocycles.